The van der Waals surface area contributed by atoms with Gasteiger partial charge in [-0.15, -0.1) is 0 Å². The molecule has 2 unspecified atom stereocenters. The van der Waals surface area contributed by atoms with Gasteiger partial charge in [0, 0.05) is 39.3 Å². The summed E-state index contributed by atoms with van der Waals surface area (Å²) in [7, 11) is 3.69. The lowest BCUT2D eigenvalue weighted by Gasteiger charge is -2.34. The average molecular weight is 290 g/mol. The van der Waals surface area contributed by atoms with E-state index in [4.69, 9.17) is 4.74 Å². The standard InChI is InChI=1S/C15H22N4O2/c1-10(9-21-3)16-15(20)12-4-5-13-14(17-12)18(2)11-6-7-19(13)8-11/h4-5,10-11H,6-9H2,1-3H3,(H,16,20). The number of aromatic nitrogens is 1. The Bertz CT molecular complexity index is 548. The molecule has 2 aliphatic heterocycles. The van der Waals surface area contributed by atoms with E-state index < -0.39 is 0 Å². The minimum atomic E-state index is -0.149. The zero-order valence-electron chi connectivity index (χ0n) is 12.8. The van der Waals surface area contributed by atoms with Gasteiger partial charge >= 0.3 is 0 Å². The second-order valence-electron chi connectivity index (χ2n) is 5.87. The van der Waals surface area contributed by atoms with Gasteiger partial charge in [-0.2, -0.15) is 0 Å². The molecule has 1 aromatic heterocycles. The van der Waals surface area contributed by atoms with E-state index in [0.29, 0.717) is 18.3 Å². The number of likely N-dealkylation sites (N-methyl/N-ethyl adjacent to an activating group) is 1. The van der Waals surface area contributed by atoms with Crippen LogP contribution in [0.15, 0.2) is 12.1 Å². The van der Waals surface area contributed by atoms with E-state index in [0.717, 1.165) is 31.0 Å². The summed E-state index contributed by atoms with van der Waals surface area (Å²) in [5.74, 6) is 0.763. The first-order valence-corrected chi connectivity index (χ1v) is 7.38. The van der Waals surface area contributed by atoms with Crippen LogP contribution in [0.4, 0.5) is 11.5 Å². The molecule has 0 radical (unpaired) electrons. The number of hydrogen-bond acceptors (Lipinski definition) is 5. The predicted molar refractivity (Wildman–Crippen MR) is 82.1 cm³/mol. The van der Waals surface area contributed by atoms with Crippen molar-refractivity contribution in [3.8, 4) is 0 Å². The van der Waals surface area contributed by atoms with E-state index in [1.54, 1.807) is 13.2 Å². The highest BCUT2D eigenvalue weighted by molar-refractivity contribution is 5.94. The summed E-state index contributed by atoms with van der Waals surface area (Å²) in [6.45, 7) is 4.53. The fourth-order valence-electron chi connectivity index (χ4n) is 3.11. The van der Waals surface area contributed by atoms with Crippen molar-refractivity contribution in [3.63, 3.8) is 0 Å². The number of methoxy groups -OCH3 is 1. The monoisotopic (exact) mass is 290 g/mol. The summed E-state index contributed by atoms with van der Waals surface area (Å²) < 4.78 is 5.03. The Labute approximate surface area is 125 Å². The SMILES string of the molecule is COCC(C)NC(=O)c1ccc2c(n1)N(C)C1CCN2C1. The minimum Gasteiger partial charge on any atom is -0.383 e. The second kappa shape index (κ2) is 5.52. The fourth-order valence-corrected chi connectivity index (χ4v) is 3.11. The van der Waals surface area contributed by atoms with Gasteiger partial charge in [0.15, 0.2) is 5.82 Å². The van der Waals surface area contributed by atoms with Gasteiger partial charge in [0.25, 0.3) is 5.91 Å². The maximum absolute atomic E-state index is 12.2. The Balaban J connectivity index is 1.81. The number of nitrogens with one attached hydrogen (secondary N) is 1. The molecule has 0 aromatic carbocycles. The lowest BCUT2D eigenvalue weighted by atomic mass is 10.2. The number of pyridine rings is 1. The molecular weight excluding hydrogens is 268 g/mol. The maximum Gasteiger partial charge on any atom is 0.270 e. The first kappa shape index (κ1) is 14.1. The number of amides is 1. The molecule has 1 saturated heterocycles. The van der Waals surface area contributed by atoms with E-state index in [9.17, 15) is 4.79 Å². The van der Waals surface area contributed by atoms with Crippen molar-refractivity contribution in [1.29, 1.82) is 0 Å². The minimum absolute atomic E-state index is 0.0296. The Morgan fingerprint density at radius 2 is 2.38 bits per heavy atom. The lowest BCUT2D eigenvalue weighted by molar-refractivity contribution is 0.0900. The number of nitrogens with zero attached hydrogens (tertiary/aromatic N) is 3. The fraction of sp³-hybridized carbons (Fsp3) is 0.600. The molecular formula is C15H22N4O2. The highest BCUT2D eigenvalue weighted by Crippen LogP contribution is 2.37. The summed E-state index contributed by atoms with van der Waals surface area (Å²) in [5, 5.41) is 2.90. The summed E-state index contributed by atoms with van der Waals surface area (Å²) in [6.07, 6.45) is 1.15. The third-order valence-electron chi connectivity index (χ3n) is 4.27. The first-order valence-electron chi connectivity index (χ1n) is 7.38. The van der Waals surface area contributed by atoms with Crippen molar-refractivity contribution in [3.05, 3.63) is 17.8 Å². The van der Waals surface area contributed by atoms with Crippen LogP contribution in [0.5, 0.6) is 0 Å². The molecule has 6 nitrogen and oxygen atoms in total. The van der Waals surface area contributed by atoms with Crippen LogP contribution in [0.25, 0.3) is 0 Å². The quantitative estimate of drug-likeness (QED) is 0.892. The van der Waals surface area contributed by atoms with E-state index in [-0.39, 0.29) is 11.9 Å². The summed E-state index contributed by atoms with van der Waals surface area (Å²) >= 11 is 0. The predicted octanol–water partition coefficient (Wildman–Crippen LogP) is 0.875. The van der Waals surface area contributed by atoms with Crippen molar-refractivity contribution in [2.45, 2.75) is 25.4 Å². The van der Waals surface area contributed by atoms with Gasteiger partial charge in [-0.1, -0.05) is 0 Å². The molecule has 3 rings (SSSR count). The highest BCUT2D eigenvalue weighted by Gasteiger charge is 2.35. The highest BCUT2D eigenvalue weighted by atomic mass is 16.5. The van der Waals surface area contributed by atoms with Crippen LogP contribution in [0, 0.1) is 0 Å². The molecule has 1 aromatic rings. The van der Waals surface area contributed by atoms with Gasteiger partial charge in [-0.25, -0.2) is 4.98 Å². The molecule has 114 valence electrons. The number of carbonyl (C=O) groups excluding carboxylic acids is 1. The molecule has 2 aliphatic rings. The average Bonchev–Trinajstić information content (AvgIpc) is 2.91. The zero-order chi connectivity index (χ0) is 15.0. The van der Waals surface area contributed by atoms with Gasteiger partial charge in [-0.05, 0) is 25.5 Å². The second-order valence-corrected chi connectivity index (χ2v) is 5.87. The molecule has 1 fully saturated rings. The first-order chi connectivity index (χ1) is 10.1. The van der Waals surface area contributed by atoms with Crippen LogP contribution < -0.4 is 15.1 Å². The number of ether oxygens (including phenoxy) is 1. The van der Waals surface area contributed by atoms with Crippen LogP contribution in [-0.4, -0.2) is 56.8 Å². The van der Waals surface area contributed by atoms with Crippen molar-refractivity contribution in [2.24, 2.45) is 0 Å². The molecule has 1 amide bonds. The van der Waals surface area contributed by atoms with Gasteiger partial charge in [0.05, 0.1) is 12.3 Å². The van der Waals surface area contributed by atoms with Crippen molar-refractivity contribution >= 4 is 17.4 Å². The Morgan fingerprint density at radius 3 is 3.14 bits per heavy atom. The Morgan fingerprint density at radius 1 is 1.57 bits per heavy atom. The Kier molecular flexibility index (Phi) is 3.71. The van der Waals surface area contributed by atoms with E-state index in [1.807, 2.05) is 13.0 Å². The van der Waals surface area contributed by atoms with Crippen molar-refractivity contribution in [2.75, 3.05) is 43.7 Å². The topological polar surface area (TPSA) is 57.7 Å². The van der Waals surface area contributed by atoms with Crippen LogP contribution in [-0.2, 0) is 4.74 Å². The zero-order valence-corrected chi connectivity index (χ0v) is 12.8. The van der Waals surface area contributed by atoms with Gasteiger partial charge < -0.3 is 19.9 Å². The largest absolute Gasteiger partial charge is 0.383 e. The maximum atomic E-state index is 12.2. The summed E-state index contributed by atoms with van der Waals surface area (Å²) in [6, 6.07) is 4.30. The molecule has 0 spiro atoms. The van der Waals surface area contributed by atoms with Crippen LogP contribution in [0.1, 0.15) is 23.8 Å². The number of rotatable bonds is 4. The summed E-state index contributed by atoms with van der Waals surface area (Å²) in [4.78, 5) is 21.4. The molecule has 3 heterocycles. The van der Waals surface area contributed by atoms with E-state index >= 15 is 0 Å². The molecule has 21 heavy (non-hydrogen) atoms. The molecule has 6 heteroatoms. The smallest absolute Gasteiger partial charge is 0.270 e. The summed E-state index contributed by atoms with van der Waals surface area (Å²) in [5.41, 5.74) is 1.60. The molecule has 0 aliphatic carbocycles. The van der Waals surface area contributed by atoms with Gasteiger partial charge in [-0.3, -0.25) is 4.79 Å². The van der Waals surface area contributed by atoms with Crippen LogP contribution >= 0.6 is 0 Å². The van der Waals surface area contributed by atoms with Crippen LogP contribution in [0.3, 0.4) is 0 Å². The number of carbonyl (C=O) groups is 1. The van der Waals surface area contributed by atoms with Gasteiger partial charge in [0.1, 0.15) is 5.69 Å². The third-order valence-corrected chi connectivity index (χ3v) is 4.27. The lowest BCUT2D eigenvalue weighted by Crippen LogP contribution is -2.41. The van der Waals surface area contributed by atoms with Gasteiger partial charge in [0.2, 0.25) is 0 Å². The molecule has 0 saturated carbocycles. The van der Waals surface area contributed by atoms with Crippen molar-refractivity contribution in [1.82, 2.24) is 10.3 Å². The number of anilines is 2. The molecule has 2 atom stereocenters. The normalized spacial score (nSPS) is 21.2. The van der Waals surface area contributed by atoms with E-state index in [2.05, 4.69) is 27.1 Å². The Hall–Kier alpha value is -1.82. The number of fused-ring (bicyclic) bond motifs is 4. The molecule has 2 bridgehead atoms. The van der Waals surface area contributed by atoms with E-state index in [1.165, 1.54) is 0 Å². The van der Waals surface area contributed by atoms with Crippen LogP contribution in [0.2, 0.25) is 0 Å². The van der Waals surface area contributed by atoms with Crippen molar-refractivity contribution < 1.29 is 9.53 Å². The molecule has 1 N–H and O–H groups in total. The third kappa shape index (κ3) is 2.55. The number of hydrogen-bond donors (Lipinski definition) is 1.